The zero-order valence-electron chi connectivity index (χ0n) is 10.9. The van der Waals surface area contributed by atoms with Gasteiger partial charge in [0.25, 0.3) is 0 Å². The first-order valence-electron chi connectivity index (χ1n) is 6.01. The van der Waals surface area contributed by atoms with E-state index in [9.17, 15) is 4.39 Å². The van der Waals surface area contributed by atoms with Gasteiger partial charge >= 0.3 is 0 Å². The zero-order valence-corrected chi connectivity index (χ0v) is 11.7. The minimum Gasteiger partial charge on any atom is -0.337 e. The summed E-state index contributed by atoms with van der Waals surface area (Å²) in [7, 11) is 0. The van der Waals surface area contributed by atoms with Crippen molar-refractivity contribution in [1.29, 1.82) is 0 Å². The molecule has 4 nitrogen and oxygen atoms in total. The Hall–Kier alpha value is -1.40. The second-order valence-electron chi connectivity index (χ2n) is 4.53. The lowest BCUT2D eigenvalue weighted by atomic mass is 10.0. The van der Waals surface area contributed by atoms with Gasteiger partial charge in [-0.3, -0.25) is 0 Å². The van der Waals surface area contributed by atoms with Crippen molar-refractivity contribution in [3.63, 3.8) is 0 Å². The quantitative estimate of drug-likeness (QED) is 0.853. The fourth-order valence-electron chi connectivity index (χ4n) is 1.37. The molecule has 1 aromatic carbocycles. The van der Waals surface area contributed by atoms with Gasteiger partial charge in [-0.2, -0.15) is 4.98 Å². The lowest BCUT2D eigenvalue weighted by Gasteiger charge is -2.16. The number of rotatable bonds is 5. The molecular weight excluding hydrogens is 265 g/mol. The molecule has 0 saturated carbocycles. The monoisotopic (exact) mass is 281 g/mol. The molecule has 0 fully saturated rings. The highest BCUT2D eigenvalue weighted by molar-refractivity contribution is 7.98. The summed E-state index contributed by atoms with van der Waals surface area (Å²) >= 11 is 1.52. The number of thioether (sulfide) groups is 1. The summed E-state index contributed by atoms with van der Waals surface area (Å²) in [6, 6.07) is 6.30. The molecule has 0 spiro atoms. The second-order valence-corrected chi connectivity index (χ2v) is 5.58. The highest BCUT2D eigenvalue weighted by atomic mass is 32.2. The van der Waals surface area contributed by atoms with Crippen molar-refractivity contribution in [3.05, 3.63) is 41.8 Å². The molecule has 0 aliphatic carbocycles. The van der Waals surface area contributed by atoms with Crippen molar-refractivity contribution in [2.24, 2.45) is 5.73 Å². The van der Waals surface area contributed by atoms with Gasteiger partial charge in [-0.15, -0.1) is 11.8 Å². The van der Waals surface area contributed by atoms with Crippen LogP contribution in [0.4, 0.5) is 4.39 Å². The summed E-state index contributed by atoms with van der Waals surface area (Å²) in [5.74, 6) is 1.36. The van der Waals surface area contributed by atoms with Crippen LogP contribution in [0, 0.1) is 5.82 Å². The number of nitrogens with zero attached hydrogens (tertiary/aromatic N) is 2. The fourth-order valence-corrected chi connectivity index (χ4v) is 2.12. The highest BCUT2D eigenvalue weighted by Gasteiger charge is 2.25. The Morgan fingerprint density at radius 2 is 2.05 bits per heavy atom. The molecule has 1 unspecified atom stereocenters. The van der Waals surface area contributed by atoms with E-state index in [1.54, 1.807) is 12.1 Å². The number of hydrogen-bond donors (Lipinski definition) is 1. The summed E-state index contributed by atoms with van der Waals surface area (Å²) in [5, 5.41) is 3.90. The van der Waals surface area contributed by atoms with Gasteiger partial charge in [-0.25, -0.2) is 4.39 Å². The van der Waals surface area contributed by atoms with E-state index in [1.807, 2.05) is 13.8 Å². The maximum Gasteiger partial charge on any atom is 0.246 e. The van der Waals surface area contributed by atoms with Crippen LogP contribution in [0.15, 0.2) is 33.7 Å². The third kappa shape index (κ3) is 3.54. The van der Waals surface area contributed by atoms with E-state index >= 15 is 0 Å². The largest absolute Gasteiger partial charge is 0.337 e. The Kier molecular flexibility index (Phi) is 4.21. The van der Waals surface area contributed by atoms with Gasteiger partial charge in [-0.05, 0) is 37.6 Å². The third-order valence-electron chi connectivity index (χ3n) is 2.87. The van der Waals surface area contributed by atoms with E-state index in [4.69, 9.17) is 10.3 Å². The van der Waals surface area contributed by atoms with Gasteiger partial charge < -0.3 is 10.3 Å². The third-order valence-corrected chi connectivity index (χ3v) is 3.88. The molecule has 19 heavy (non-hydrogen) atoms. The SMILES string of the molecule is CCC(C)(N)c1nc(CSc2ccc(F)cc2)no1. The average Bonchev–Trinajstić information content (AvgIpc) is 2.88. The molecule has 0 saturated heterocycles. The van der Waals surface area contributed by atoms with Crippen LogP contribution in [0.1, 0.15) is 32.0 Å². The predicted octanol–water partition coefficient (Wildman–Crippen LogP) is 3.08. The van der Waals surface area contributed by atoms with E-state index < -0.39 is 5.54 Å². The molecule has 0 aliphatic heterocycles. The second kappa shape index (κ2) is 5.71. The Labute approximate surface area is 115 Å². The van der Waals surface area contributed by atoms with Crippen molar-refractivity contribution >= 4 is 11.8 Å². The Morgan fingerprint density at radius 1 is 1.37 bits per heavy atom. The minimum absolute atomic E-state index is 0.243. The molecule has 2 aromatic rings. The standard InChI is InChI=1S/C13H16FN3OS/c1-3-13(2,15)12-16-11(17-18-12)8-19-10-6-4-9(14)5-7-10/h4-7H,3,8,15H2,1-2H3. The van der Waals surface area contributed by atoms with E-state index in [0.29, 0.717) is 17.5 Å². The number of aromatic nitrogens is 2. The van der Waals surface area contributed by atoms with E-state index in [-0.39, 0.29) is 5.82 Å². The van der Waals surface area contributed by atoms with Crippen molar-refractivity contribution in [2.45, 2.75) is 36.5 Å². The summed E-state index contributed by atoms with van der Waals surface area (Å²) in [4.78, 5) is 5.24. The number of benzene rings is 1. The van der Waals surface area contributed by atoms with Crippen molar-refractivity contribution in [3.8, 4) is 0 Å². The molecule has 1 atom stereocenters. The van der Waals surface area contributed by atoms with Crippen LogP contribution < -0.4 is 5.73 Å². The summed E-state index contributed by atoms with van der Waals surface area (Å²) in [5.41, 5.74) is 5.44. The molecule has 0 radical (unpaired) electrons. The van der Waals surface area contributed by atoms with Gasteiger partial charge in [0, 0.05) is 4.90 Å². The first-order valence-corrected chi connectivity index (χ1v) is 7.00. The number of nitrogens with two attached hydrogens (primary N) is 1. The maximum absolute atomic E-state index is 12.8. The lowest BCUT2D eigenvalue weighted by Crippen LogP contribution is -2.32. The normalized spacial score (nSPS) is 14.3. The van der Waals surface area contributed by atoms with Crippen LogP contribution in [-0.2, 0) is 11.3 Å². The van der Waals surface area contributed by atoms with Crippen LogP contribution in [0.5, 0.6) is 0 Å². The van der Waals surface area contributed by atoms with Crippen molar-refractivity contribution < 1.29 is 8.91 Å². The molecule has 0 bridgehead atoms. The molecule has 0 aliphatic rings. The molecule has 0 amide bonds. The smallest absolute Gasteiger partial charge is 0.246 e. The van der Waals surface area contributed by atoms with Gasteiger partial charge in [0.1, 0.15) is 5.82 Å². The minimum atomic E-state index is -0.591. The molecular formula is C13H16FN3OS. The van der Waals surface area contributed by atoms with E-state index in [0.717, 1.165) is 11.3 Å². The zero-order chi connectivity index (χ0) is 13.9. The molecule has 102 valence electrons. The van der Waals surface area contributed by atoms with Gasteiger partial charge in [0.2, 0.25) is 5.89 Å². The first-order chi connectivity index (χ1) is 9.01. The molecule has 2 N–H and O–H groups in total. The average molecular weight is 281 g/mol. The number of hydrogen-bond acceptors (Lipinski definition) is 5. The molecule has 6 heteroatoms. The van der Waals surface area contributed by atoms with Crippen molar-refractivity contribution in [2.75, 3.05) is 0 Å². The van der Waals surface area contributed by atoms with Crippen LogP contribution >= 0.6 is 11.8 Å². The maximum atomic E-state index is 12.8. The molecule has 2 rings (SSSR count). The summed E-state index contributed by atoms with van der Waals surface area (Å²) < 4.78 is 17.9. The van der Waals surface area contributed by atoms with Crippen LogP contribution in [0.2, 0.25) is 0 Å². The molecule has 1 heterocycles. The first kappa shape index (κ1) is 14.0. The van der Waals surface area contributed by atoms with Gasteiger partial charge in [-0.1, -0.05) is 12.1 Å². The van der Waals surface area contributed by atoms with Crippen LogP contribution in [0.25, 0.3) is 0 Å². The Morgan fingerprint density at radius 3 is 2.68 bits per heavy atom. The summed E-state index contributed by atoms with van der Waals surface area (Å²) in [6.07, 6.45) is 0.722. The fraction of sp³-hybridized carbons (Fsp3) is 0.385. The Bertz CT molecular complexity index is 539. The predicted molar refractivity (Wildman–Crippen MR) is 72.1 cm³/mol. The highest BCUT2D eigenvalue weighted by Crippen LogP contribution is 2.24. The lowest BCUT2D eigenvalue weighted by molar-refractivity contribution is 0.290. The van der Waals surface area contributed by atoms with E-state index in [1.165, 1.54) is 23.9 Å². The number of halogens is 1. The summed E-state index contributed by atoms with van der Waals surface area (Å²) in [6.45, 7) is 3.83. The van der Waals surface area contributed by atoms with Crippen LogP contribution in [-0.4, -0.2) is 10.1 Å². The van der Waals surface area contributed by atoms with Crippen molar-refractivity contribution in [1.82, 2.24) is 10.1 Å². The van der Waals surface area contributed by atoms with Gasteiger partial charge in [0.15, 0.2) is 5.82 Å². The van der Waals surface area contributed by atoms with Crippen LogP contribution in [0.3, 0.4) is 0 Å². The van der Waals surface area contributed by atoms with E-state index in [2.05, 4.69) is 10.1 Å². The topological polar surface area (TPSA) is 64.9 Å². The molecule has 1 aromatic heterocycles. The van der Waals surface area contributed by atoms with Gasteiger partial charge in [0.05, 0.1) is 11.3 Å². The Balaban J connectivity index is 1.99.